The van der Waals surface area contributed by atoms with E-state index in [0.29, 0.717) is 0 Å². The maximum absolute atomic E-state index is 2.92. The fourth-order valence-corrected chi connectivity index (χ4v) is 17.6. The lowest BCUT2D eigenvalue weighted by atomic mass is 9.33. The molecule has 0 N–H and O–H groups in total. The standard InChI is InChI=1S/C65H72BN3S/c1-39-32-52-57-53(33-39)69-58-46(63(10)27-16-18-29-65(63,69)12)34-40(59(2,3)4)35-48(58)66(57)47-25-24-41(36-51(47)67(52)49-21-19-23-55-56(49)42-20-13-14-22-54(42)70-55)68-50-38-44-43(60(5,6)30-31-61(44,7)8)37-45(50)62(9)26-15-17-28-64(62,68)11/h13-14,19-25,32-38H,15-18,26-31H2,1-12H3. The van der Waals surface area contributed by atoms with Crippen LogP contribution in [0, 0.1) is 6.92 Å². The van der Waals surface area contributed by atoms with Gasteiger partial charge in [-0.15, -0.1) is 11.3 Å². The number of hydrogen-bond acceptors (Lipinski definition) is 4. The molecule has 3 nitrogen and oxygen atoms in total. The highest BCUT2D eigenvalue weighted by atomic mass is 32.1. The minimum Gasteiger partial charge on any atom is -0.335 e. The number of anilines is 7. The van der Waals surface area contributed by atoms with Crippen molar-refractivity contribution < 1.29 is 0 Å². The number of hydrogen-bond donors (Lipinski definition) is 0. The quantitative estimate of drug-likeness (QED) is 0.160. The monoisotopic (exact) mass is 938 g/mol. The number of thiophene rings is 1. The number of aryl methyl sites for hydroxylation is 1. The molecule has 7 aliphatic rings. The maximum atomic E-state index is 2.92. The van der Waals surface area contributed by atoms with Crippen LogP contribution in [0.1, 0.15) is 174 Å². The number of benzene rings is 6. The van der Waals surface area contributed by atoms with Crippen LogP contribution >= 0.6 is 11.3 Å². The van der Waals surface area contributed by atoms with Gasteiger partial charge in [-0.05, 0) is 174 Å². The number of fused-ring (bicyclic) bond motifs is 14. The van der Waals surface area contributed by atoms with Crippen molar-refractivity contribution in [3.8, 4) is 0 Å². The Morgan fingerprint density at radius 3 is 1.89 bits per heavy atom. The summed E-state index contributed by atoms with van der Waals surface area (Å²) in [7, 11) is 0. The van der Waals surface area contributed by atoms with Gasteiger partial charge in [-0.1, -0.05) is 137 Å². The molecule has 4 unspecified atom stereocenters. The molecule has 0 radical (unpaired) electrons. The molecule has 0 spiro atoms. The zero-order valence-corrected chi connectivity index (χ0v) is 45.0. The van der Waals surface area contributed by atoms with Crippen molar-refractivity contribution >= 4 is 94.4 Å². The minimum absolute atomic E-state index is 0.00795. The van der Waals surface area contributed by atoms with E-state index in [-0.39, 0.29) is 44.9 Å². The molecule has 0 amide bonds. The summed E-state index contributed by atoms with van der Waals surface area (Å²) >= 11 is 1.94. The molecule has 5 heteroatoms. The van der Waals surface area contributed by atoms with Crippen LogP contribution in [0.3, 0.4) is 0 Å². The van der Waals surface area contributed by atoms with E-state index in [1.807, 2.05) is 11.3 Å². The second kappa shape index (κ2) is 13.7. The fourth-order valence-electron chi connectivity index (χ4n) is 16.4. The summed E-state index contributed by atoms with van der Waals surface area (Å²) in [6, 6.07) is 40.0. The lowest BCUT2D eigenvalue weighted by molar-refractivity contribution is 0.194. The lowest BCUT2D eigenvalue weighted by Crippen LogP contribution is -2.64. The Kier molecular flexibility index (Phi) is 8.59. The average molecular weight is 938 g/mol. The molecule has 356 valence electrons. The van der Waals surface area contributed by atoms with E-state index in [9.17, 15) is 0 Å². The van der Waals surface area contributed by atoms with E-state index < -0.39 is 0 Å². The summed E-state index contributed by atoms with van der Waals surface area (Å²) in [5, 5.41) is 2.72. The molecule has 2 saturated carbocycles. The zero-order valence-electron chi connectivity index (χ0n) is 44.1. The molecule has 1 aromatic heterocycles. The first kappa shape index (κ1) is 43.8. The summed E-state index contributed by atoms with van der Waals surface area (Å²) in [4.78, 5) is 8.57. The van der Waals surface area contributed by atoms with E-state index in [0.717, 1.165) is 0 Å². The topological polar surface area (TPSA) is 9.72 Å². The Morgan fingerprint density at radius 1 is 0.514 bits per heavy atom. The highest BCUT2D eigenvalue weighted by Gasteiger charge is 2.63. The summed E-state index contributed by atoms with van der Waals surface area (Å²) in [6.07, 6.45) is 12.4. The molecule has 0 bridgehead atoms. The summed E-state index contributed by atoms with van der Waals surface area (Å²) in [6.45, 7) is 30.3. The molecular weight excluding hydrogens is 866 g/mol. The van der Waals surface area contributed by atoms with Gasteiger partial charge in [-0.3, -0.25) is 0 Å². The number of rotatable bonds is 2. The van der Waals surface area contributed by atoms with Crippen molar-refractivity contribution in [2.24, 2.45) is 0 Å². The van der Waals surface area contributed by atoms with Crippen LogP contribution in [-0.2, 0) is 27.1 Å². The van der Waals surface area contributed by atoms with Crippen LogP contribution in [-0.4, -0.2) is 17.8 Å². The van der Waals surface area contributed by atoms with Crippen LogP contribution < -0.4 is 31.1 Å². The van der Waals surface area contributed by atoms with Crippen LogP contribution in [0.2, 0.25) is 0 Å². The molecule has 0 saturated heterocycles. The van der Waals surface area contributed by atoms with Crippen molar-refractivity contribution in [2.45, 2.75) is 185 Å². The van der Waals surface area contributed by atoms with Crippen molar-refractivity contribution in [2.75, 3.05) is 14.7 Å². The predicted molar refractivity (Wildman–Crippen MR) is 303 cm³/mol. The molecule has 7 aromatic rings. The van der Waals surface area contributed by atoms with Crippen LogP contribution in [0.15, 0.2) is 97.1 Å². The van der Waals surface area contributed by atoms with Crippen molar-refractivity contribution in [3.05, 3.63) is 130 Å². The Hall–Kier alpha value is -5.00. The van der Waals surface area contributed by atoms with Gasteiger partial charge >= 0.3 is 0 Å². The van der Waals surface area contributed by atoms with E-state index in [4.69, 9.17) is 0 Å². The van der Waals surface area contributed by atoms with Gasteiger partial charge < -0.3 is 14.7 Å². The Morgan fingerprint density at radius 2 is 1.16 bits per heavy atom. The molecule has 6 aromatic carbocycles. The first-order valence-electron chi connectivity index (χ1n) is 27.2. The van der Waals surface area contributed by atoms with Crippen LogP contribution in [0.4, 0.5) is 39.8 Å². The van der Waals surface area contributed by atoms with E-state index in [1.165, 1.54) is 152 Å². The molecule has 2 fully saturated rings. The van der Waals surface area contributed by atoms with Gasteiger partial charge in [0.15, 0.2) is 0 Å². The molecule has 4 atom stereocenters. The van der Waals surface area contributed by atoms with Gasteiger partial charge in [-0.25, -0.2) is 0 Å². The second-order valence-corrected chi connectivity index (χ2v) is 27.8. The minimum atomic E-state index is -0.0703. The highest BCUT2D eigenvalue weighted by Crippen LogP contribution is 2.65. The first-order valence-corrected chi connectivity index (χ1v) is 28.0. The highest BCUT2D eigenvalue weighted by molar-refractivity contribution is 7.26. The zero-order chi connectivity index (χ0) is 48.4. The second-order valence-electron chi connectivity index (χ2n) is 26.7. The number of nitrogens with zero attached hydrogens (tertiary/aromatic N) is 3. The summed E-state index contributed by atoms with van der Waals surface area (Å²) < 4.78 is 2.70. The Balaban J connectivity index is 1.09. The smallest absolute Gasteiger partial charge is 0.252 e. The molecular formula is C65H72BN3S. The van der Waals surface area contributed by atoms with Gasteiger partial charge in [0.1, 0.15) is 0 Å². The van der Waals surface area contributed by atoms with Crippen molar-refractivity contribution in [1.82, 2.24) is 0 Å². The molecule has 14 rings (SSSR count). The summed E-state index contributed by atoms with van der Waals surface area (Å²) in [5.41, 5.74) is 23.5. The normalized spacial score (nSPS) is 27.5. The largest absolute Gasteiger partial charge is 0.335 e. The van der Waals surface area contributed by atoms with E-state index in [1.54, 1.807) is 22.3 Å². The van der Waals surface area contributed by atoms with Crippen molar-refractivity contribution in [1.29, 1.82) is 0 Å². The average Bonchev–Trinajstić information content (AvgIpc) is 3.87. The lowest BCUT2D eigenvalue weighted by Gasteiger charge is -2.53. The third kappa shape index (κ3) is 5.29. The molecule has 3 aliphatic carbocycles. The fraction of sp³-hybridized carbons (Fsp3) is 0.446. The van der Waals surface area contributed by atoms with Gasteiger partial charge in [0.25, 0.3) is 6.71 Å². The van der Waals surface area contributed by atoms with Gasteiger partial charge in [0.05, 0.1) is 16.8 Å². The Bertz CT molecular complexity index is 3460. The van der Waals surface area contributed by atoms with E-state index in [2.05, 4.69) is 195 Å². The van der Waals surface area contributed by atoms with Crippen LogP contribution in [0.5, 0.6) is 0 Å². The SMILES string of the molecule is Cc1cc2c3c(c1)N1c4c(cc(C(C)(C)C)cc4C4(C)CCCCC14C)B3c1ccc(N3c4cc5c(cc4C4(C)CCCCC34C)C(C)(C)CCC5(C)C)cc1N2c1cccc2sc3ccccc3c12. The maximum Gasteiger partial charge on any atom is 0.252 e. The van der Waals surface area contributed by atoms with Gasteiger partial charge in [0, 0.05) is 65.1 Å². The molecule has 5 heterocycles. The van der Waals surface area contributed by atoms with Gasteiger partial charge in [0.2, 0.25) is 0 Å². The third-order valence-corrected chi connectivity index (χ3v) is 22.1. The van der Waals surface area contributed by atoms with Crippen LogP contribution in [0.25, 0.3) is 20.2 Å². The third-order valence-electron chi connectivity index (χ3n) is 21.0. The summed E-state index contributed by atoms with van der Waals surface area (Å²) in [5.74, 6) is 0. The first-order chi connectivity index (χ1) is 33.2. The van der Waals surface area contributed by atoms with E-state index >= 15 is 0 Å². The molecule has 70 heavy (non-hydrogen) atoms. The predicted octanol–water partition coefficient (Wildman–Crippen LogP) is 16.1. The van der Waals surface area contributed by atoms with Gasteiger partial charge in [-0.2, -0.15) is 0 Å². The van der Waals surface area contributed by atoms with Crippen molar-refractivity contribution in [3.63, 3.8) is 0 Å². The Labute approximate surface area is 422 Å². The molecule has 4 aliphatic heterocycles.